The van der Waals surface area contributed by atoms with Crippen molar-refractivity contribution in [2.24, 2.45) is 0 Å². The van der Waals surface area contributed by atoms with E-state index in [1.165, 1.54) is 6.08 Å². The lowest BCUT2D eigenvalue weighted by atomic mass is 10.2. The SMILES string of the molecule is CCC(=O)C=CCCO. The number of hydrogen-bond donors (Lipinski definition) is 1. The predicted octanol–water partition coefficient (Wildman–Crippen LogP) is 0.904. The Kier molecular flexibility index (Phi) is 5.12. The lowest BCUT2D eigenvalue weighted by Crippen LogP contribution is -1.87. The van der Waals surface area contributed by atoms with Crippen LogP contribution in [0.5, 0.6) is 0 Å². The molecule has 0 fully saturated rings. The molecule has 0 aromatic rings. The van der Waals surface area contributed by atoms with Gasteiger partial charge in [-0.05, 0) is 12.5 Å². The fourth-order valence-electron chi connectivity index (χ4n) is 0.407. The maximum atomic E-state index is 10.5. The summed E-state index contributed by atoms with van der Waals surface area (Å²) in [7, 11) is 0. The maximum Gasteiger partial charge on any atom is 0.155 e. The van der Waals surface area contributed by atoms with Gasteiger partial charge in [0.1, 0.15) is 0 Å². The van der Waals surface area contributed by atoms with E-state index in [1.54, 1.807) is 6.08 Å². The minimum atomic E-state index is 0.114. The predicted molar refractivity (Wildman–Crippen MR) is 36.1 cm³/mol. The summed E-state index contributed by atoms with van der Waals surface area (Å²) in [4.78, 5) is 10.5. The van der Waals surface area contributed by atoms with E-state index < -0.39 is 0 Å². The van der Waals surface area contributed by atoms with Crippen LogP contribution in [0.15, 0.2) is 12.2 Å². The third-order valence-electron chi connectivity index (χ3n) is 0.948. The average molecular weight is 128 g/mol. The quantitative estimate of drug-likeness (QED) is 0.571. The summed E-state index contributed by atoms with van der Waals surface area (Å²) >= 11 is 0. The number of aliphatic hydroxyl groups excluding tert-OH is 1. The second-order valence-corrected chi connectivity index (χ2v) is 1.73. The van der Waals surface area contributed by atoms with Crippen LogP contribution in [0.1, 0.15) is 19.8 Å². The summed E-state index contributed by atoms with van der Waals surface area (Å²) in [5.41, 5.74) is 0. The molecular weight excluding hydrogens is 116 g/mol. The van der Waals surface area contributed by atoms with Crippen molar-refractivity contribution in [1.82, 2.24) is 0 Å². The molecule has 0 spiro atoms. The molecule has 0 aromatic carbocycles. The van der Waals surface area contributed by atoms with Crippen LogP contribution < -0.4 is 0 Å². The van der Waals surface area contributed by atoms with Crippen molar-refractivity contribution in [2.45, 2.75) is 19.8 Å². The van der Waals surface area contributed by atoms with E-state index in [-0.39, 0.29) is 12.4 Å². The van der Waals surface area contributed by atoms with E-state index in [4.69, 9.17) is 5.11 Å². The van der Waals surface area contributed by atoms with Crippen LogP contribution in [0.4, 0.5) is 0 Å². The third-order valence-corrected chi connectivity index (χ3v) is 0.948. The van der Waals surface area contributed by atoms with Gasteiger partial charge in [0, 0.05) is 13.0 Å². The van der Waals surface area contributed by atoms with Gasteiger partial charge in [-0.15, -0.1) is 0 Å². The highest BCUT2D eigenvalue weighted by molar-refractivity contribution is 5.89. The van der Waals surface area contributed by atoms with Crippen LogP contribution in [-0.2, 0) is 4.79 Å². The maximum absolute atomic E-state index is 10.5. The molecule has 0 bridgehead atoms. The first-order chi connectivity index (χ1) is 4.31. The summed E-state index contributed by atoms with van der Waals surface area (Å²) in [6.45, 7) is 1.93. The van der Waals surface area contributed by atoms with Gasteiger partial charge in [-0.2, -0.15) is 0 Å². The van der Waals surface area contributed by atoms with Gasteiger partial charge >= 0.3 is 0 Å². The van der Waals surface area contributed by atoms with Gasteiger partial charge < -0.3 is 5.11 Å². The van der Waals surface area contributed by atoms with Crippen LogP contribution >= 0.6 is 0 Å². The molecule has 1 N–H and O–H groups in total. The number of hydrogen-bond acceptors (Lipinski definition) is 2. The highest BCUT2D eigenvalue weighted by atomic mass is 16.2. The molecule has 0 rings (SSSR count). The smallest absolute Gasteiger partial charge is 0.155 e. The van der Waals surface area contributed by atoms with E-state index in [9.17, 15) is 4.79 Å². The Morgan fingerprint density at radius 1 is 1.67 bits per heavy atom. The molecule has 0 atom stereocenters. The van der Waals surface area contributed by atoms with E-state index in [2.05, 4.69) is 0 Å². The molecule has 52 valence electrons. The summed E-state index contributed by atoms with van der Waals surface area (Å²) in [5, 5.41) is 8.29. The van der Waals surface area contributed by atoms with Crippen LogP contribution in [0.3, 0.4) is 0 Å². The van der Waals surface area contributed by atoms with Gasteiger partial charge in [-0.1, -0.05) is 13.0 Å². The summed E-state index contributed by atoms with van der Waals surface area (Å²) in [6.07, 6.45) is 4.32. The highest BCUT2D eigenvalue weighted by Crippen LogP contribution is 1.85. The van der Waals surface area contributed by atoms with Crippen LogP contribution in [-0.4, -0.2) is 17.5 Å². The Morgan fingerprint density at radius 3 is 2.78 bits per heavy atom. The van der Waals surface area contributed by atoms with Crippen LogP contribution in [0.25, 0.3) is 0 Å². The molecule has 9 heavy (non-hydrogen) atoms. The zero-order valence-corrected chi connectivity index (χ0v) is 5.63. The molecule has 2 heteroatoms. The molecule has 0 aliphatic rings. The lowest BCUT2D eigenvalue weighted by Gasteiger charge is -1.83. The average Bonchev–Trinajstić information content (AvgIpc) is 1.89. The van der Waals surface area contributed by atoms with Gasteiger partial charge in [0.05, 0.1) is 0 Å². The molecule has 2 nitrogen and oxygen atoms in total. The molecule has 0 unspecified atom stereocenters. The van der Waals surface area contributed by atoms with Crippen molar-refractivity contribution < 1.29 is 9.90 Å². The first kappa shape index (κ1) is 8.37. The van der Waals surface area contributed by atoms with E-state index in [0.29, 0.717) is 12.8 Å². The number of aliphatic hydroxyl groups is 1. The van der Waals surface area contributed by atoms with Crippen molar-refractivity contribution in [1.29, 1.82) is 0 Å². The molecule has 0 aliphatic carbocycles. The minimum absolute atomic E-state index is 0.114. The Labute approximate surface area is 55.2 Å². The van der Waals surface area contributed by atoms with Gasteiger partial charge in [0.15, 0.2) is 5.78 Å². The Morgan fingerprint density at radius 2 is 2.33 bits per heavy atom. The Hall–Kier alpha value is -0.630. The van der Waals surface area contributed by atoms with Gasteiger partial charge in [-0.3, -0.25) is 4.79 Å². The Balaban J connectivity index is 3.32. The molecular formula is C7H12O2. The number of allylic oxidation sites excluding steroid dienone is 1. The van der Waals surface area contributed by atoms with Gasteiger partial charge in [0.25, 0.3) is 0 Å². The highest BCUT2D eigenvalue weighted by Gasteiger charge is 1.86. The van der Waals surface area contributed by atoms with Crippen molar-refractivity contribution >= 4 is 5.78 Å². The van der Waals surface area contributed by atoms with E-state index >= 15 is 0 Å². The van der Waals surface area contributed by atoms with E-state index in [0.717, 1.165) is 0 Å². The minimum Gasteiger partial charge on any atom is -0.396 e. The van der Waals surface area contributed by atoms with Crippen molar-refractivity contribution in [3.8, 4) is 0 Å². The zero-order chi connectivity index (χ0) is 7.11. The normalized spacial score (nSPS) is 10.4. The topological polar surface area (TPSA) is 37.3 Å². The summed E-state index contributed by atoms with van der Waals surface area (Å²) < 4.78 is 0. The van der Waals surface area contributed by atoms with Crippen LogP contribution in [0.2, 0.25) is 0 Å². The van der Waals surface area contributed by atoms with Crippen LogP contribution in [0, 0.1) is 0 Å². The first-order valence-electron chi connectivity index (χ1n) is 3.11. The second-order valence-electron chi connectivity index (χ2n) is 1.73. The van der Waals surface area contributed by atoms with Gasteiger partial charge in [-0.25, -0.2) is 0 Å². The van der Waals surface area contributed by atoms with Crippen molar-refractivity contribution in [3.05, 3.63) is 12.2 Å². The standard InChI is InChI=1S/C7H12O2/c1-2-7(9)5-3-4-6-8/h3,5,8H,2,4,6H2,1H3. The lowest BCUT2D eigenvalue weighted by molar-refractivity contribution is -0.114. The fourth-order valence-corrected chi connectivity index (χ4v) is 0.407. The fraction of sp³-hybridized carbons (Fsp3) is 0.571. The van der Waals surface area contributed by atoms with Gasteiger partial charge in [0.2, 0.25) is 0 Å². The molecule has 0 aromatic heterocycles. The van der Waals surface area contributed by atoms with Crippen molar-refractivity contribution in [2.75, 3.05) is 6.61 Å². The molecule has 0 aliphatic heterocycles. The van der Waals surface area contributed by atoms with Crippen molar-refractivity contribution in [3.63, 3.8) is 0 Å². The second kappa shape index (κ2) is 5.51. The molecule has 0 saturated carbocycles. The third kappa shape index (κ3) is 5.24. The number of carbonyl (C=O) groups is 1. The first-order valence-corrected chi connectivity index (χ1v) is 3.11. The molecule has 0 radical (unpaired) electrons. The molecule has 0 amide bonds. The zero-order valence-electron chi connectivity index (χ0n) is 5.63. The summed E-state index contributed by atoms with van der Waals surface area (Å²) in [5.74, 6) is 0.114. The largest absolute Gasteiger partial charge is 0.396 e. The number of ketones is 1. The monoisotopic (exact) mass is 128 g/mol. The van der Waals surface area contributed by atoms with E-state index in [1.807, 2.05) is 6.92 Å². The number of rotatable bonds is 4. The number of carbonyl (C=O) groups excluding carboxylic acids is 1. The molecule has 0 saturated heterocycles. The summed E-state index contributed by atoms with van der Waals surface area (Å²) in [6, 6.07) is 0. The Bertz CT molecular complexity index is 105. The molecule has 0 heterocycles.